The van der Waals surface area contributed by atoms with Crippen molar-refractivity contribution in [2.45, 2.75) is 6.61 Å². The lowest BCUT2D eigenvalue weighted by Gasteiger charge is -2.09. The summed E-state index contributed by atoms with van der Waals surface area (Å²) in [6.07, 6.45) is 0. The monoisotopic (exact) mass is 291 g/mol. The quantitative estimate of drug-likeness (QED) is 0.679. The fourth-order valence-electron chi connectivity index (χ4n) is 1.56. The van der Waals surface area contributed by atoms with Crippen molar-refractivity contribution in [3.63, 3.8) is 0 Å². The smallest absolute Gasteiger partial charge is 0.344 e. The lowest BCUT2D eigenvalue weighted by molar-refractivity contribution is -0.147. The highest BCUT2D eigenvalue weighted by molar-refractivity contribution is 6.31. The van der Waals surface area contributed by atoms with E-state index in [2.05, 4.69) is 0 Å². The van der Waals surface area contributed by atoms with Gasteiger partial charge in [-0.1, -0.05) is 41.9 Å². The Bertz CT molecular complexity index is 550. The van der Waals surface area contributed by atoms with Crippen molar-refractivity contribution in [2.24, 2.45) is 0 Å². The molecule has 0 heterocycles. The van der Waals surface area contributed by atoms with Crippen LogP contribution in [0.5, 0.6) is 5.75 Å². The highest BCUT2D eigenvalue weighted by Gasteiger charge is 2.07. The van der Waals surface area contributed by atoms with Crippen LogP contribution in [0.15, 0.2) is 48.5 Å². The van der Waals surface area contributed by atoms with E-state index >= 15 is 0 Å². The van der Waals surface area contributed by atoms with Gasteiger partial charge in [0.25, 0.3) is 0 Å². The third kappa shape index (κ3) is 3.90. The van der Waals surface area contributed by atoms with Gasteiger partial charge in [0.15, 0.2) is 6.61 Å². The van der Waals surface area contributed by atoms with Crippen LogP contribution in [0.3, 0.4) is 0 Å². The molecule has 2 aromatic carbocycles. The first-order chi connectivity index (χ1) is 9.66. The lowest BCUT2D eigenvalue weighted by Crippen LogP contribution is -2.15. The average molecular weight is 292 g/mol. The number of hydrogen-bond donors (Lipinski definition) is 1. The summed E-state index contributed by atoms with van der Waals surface area (Å²) in [5, 5.41) is 0.563. The molecule has 0 spiro atoms. The molecule has 2 aromatic rings. The Balaban J connectivity index is 1.82. The summed E-state index contributed by atoms with van der Waals surface area (Å²) >= 11 is 5.96. The summed E-state index contributed by atoms with van der Waals surface area (Å²) < 4.78 is 10.4. The highest BCUT2D eigenvalue weighted by Crippen LogP contribution is 2.20. The number of carbonyl (C=O) groups excluding carboxylic acids is 1. The molecule has 0 aliphatic carbocycles. The predicted molar refractivity (Wildman–Crippen MR) is 77.6 cm³/mol. The van der Waals surface area contributed by atoms with Crippen molar-refractivity contribution in [1.29, 1.82) is 0 Å². The number of benzene rings is 2. The molecule has 0 saturated carbocycles. The van der Waals surface area contributed by atoms with Gasteiger partial charge in [-0.15, -0.1) is 0 Å². The minimum absolute atomic E-state index is 0.117. The van der Waals surface area contributed by atoms with Crippen molar-refractivity contribution in [3.8, 4) is 5.75 Å². The topological polar surface area (TPSA) is 61.5 Å². The molecule has 0 saturated heterocycles. The molecule has 0 unspecified atom stereocenters. The maximum absolute atomic E-state index is 11.6. The van der Waals surface area contributed by atoms with Gasteiger partial charge >= 0.3 is 5.97 Å². The molecule has 4 nitrogen and oxygen atoms in total. The third-order valence-electron chi connectivity index (χ3n) is 2.61. The number of esters is 1. The van der Waals surface area contributed by atoms with Gasteiger partial charge in [-0.05, 0) is 18.2 Å². The fraction of sp³-hybridized carbons (Fsp3) is 0.133. The van der Waals surface area contributed by atoms with Crippen LogP contribution in [0.1, 0.15) is 5.56 Å². The van der Waals surface area contributed by atoms with Crippen molar-refractivity contribution in [1.82, 2.24) is 0 Å². The summed E-state index contributed by atoms with van der Waals surface area (Å²) in [6, 6.07) is 14.1. The average Bonchev–Trinajstić information content (AvgIpc) is 2.45. The zero-order chi connectivity index (χ0) is 14.4. The molecule has 5 heteroatoms. The van der Waals surface area contributed by atoms with E-state index in [0.717, 1.165) is 5.56 Å². The second-order valence-corrected chi connectivity index (χ2v) is 4.49. The molecule has 0 aromatic heterocycles. The van der Waals surface area contributed by atoms with Crippen LogP contribution in [-0.2, 0) is 16.1 Å². The van der Waals surface area contributed by atoms with Crippen LogP contribution in [0, 0.1) is 0 Å². The number of para-hydroxylation sites is 2. The number of hydrogen-bond acceptors (Lipinski definition) is 4. The highest BCUT2D eigenvalue weighted by atomic mass is 35.5. The maximum atomic E-state index is 11.6. The predicted octanol–water partition coefficient (Wildman–Crippen LogP) is 3.04. The van der Waals surface area contributed by atoms with Gasteiger partial charge in [-0.3, -0.25) is 0 Å². The number of carbonyl (C=O) groups is 1. The lowest BCUT2D eigenvalue weighted by atomic mass is 10.2. The molecule has 2 N–H and O–H groups in total. The summed E-state index contributed by atoms with van der Waals surface area (Å²) in [6.45, 7) is -0.0786. The molecule has 0 amide bonds. The molecule has 104 valence electrons. The van der Waals surface area contributed by atoms with Gasteiger partial charge in [-0.25, -0.2) is 4.79 Å². The normalized spacial score (nSPS) is 10.1. The van der Waals surface area contributed by atoms with E-state index in [4.69, 9.17) is 26.8 Å². The largest absolute Gasteiger partial charge is 0.480 e. The van der Waals surface area contributed by atoms with Crippen LogP contribution in [0.2, 0.25) is 5.02 Å². The minimum Gasteiger partial charge on any atom is -0.480 e. The second kappa shape index (κ2) is 6.82. The number of nitrogens with two attached hydrogens (primary N) is 1. The van der Waals surface area contributed by atoms with E-state index in [-0.39, 0.29) is 13.2 Å². The van der Waals surface area contributed by atoms with Gasteiger partial charge in [0.05, 0.1) is 5.69 Å². The molecule has 0 fully saturated rings. The second-order valence-electron chi connectivity index (χ2n) is 4.08. The fourth-order valence-corrected chi connectivity index (χ4v) is 1.75. The maximum Gasteiger partial charge on any atom is 0.344 e. The molecule has 20 heavy (non-hydrogen) atoms. The molecule has 0 atom stereocenters. The van der Waals surface area contributed by atoms with Gasteiger partial charge < -0.3 is 15.2 Å². The Labute approximate surface area is 122 Å². The molecule has 0 radical (unpaired) electrons. The first-order valence-corrected chi connectivity index (χ1v) is 6.41. The van der Waals surface area contributed by atoms with E-state index in [1.807, 2.05) is 12.1 Å². The van der Waals surface area contributed by atoms with Crippen LogP contribution in [-0.4, -0.2) is 12.6 Å². The molecular weight excluding hydrogens is 278 g/mol. The Hall–Kier alpha value is -2.20. The standard InChI is InChI=1S/C15H14ClNO3/c16-12-6-2-1-5-11(12)9-20-15(18)10-19-14-8-4-3-7-13(14)17/h1-8H,9-10,17H2. The summed E-state index contributed by atoms with van der Waals surface area (Å²) in [4.78, 5) is 11.6. The first-order valence-electron chi connectivity index (χ1n) is 6.03. The van der Waals surface area contributed by atoms with Crippen molar-refractivity contribution in [2.75, 3.05) is 12.3 Å². The van der Waals surface area contributed by atoms with Gasteiger partial charge in [0.1, 0.15) is 12.4 Å². The molecule has 0 bridgehead atoms. The number of halogens is 1. The SMILES string of the molecule is Nc1ccccc1OCC(=O)OCc1ccccc1Cl. The number of anilines is 1. The first kappa shape index (κ1) is 14.2. The van der Waals surface area contributed by atoms with Gasteiger partial charge in [0, 0.05) is 10.6 Å². The van der Waals surface area contributed by atoms with Crippen molar-refractivity contribution in [3.05, 3.63) is 59.1 Å². The summed E-state index contributed by atoms with van der Waals surface area (Å²) in [5.74, 6) is -0.0182. The van der Waals surface area contributed by atoms with Crippen LogP contribution in [0.25, 0.3) is 0 Å². The Morgan fingerprint density at radius 3 is 2.55 bits per heavy atom. The Morgan fingerprint density at radius 1 is 1.10 bits per heavy atom. The molecular formula is C15H14ClNO3. The molecule has 0 aliphatic heterocycles. The third-order valence-corrected chi connectivity index (χ3v) is 2.98. The van der Waals surface area contributed by atoms with Crippen molar-refractivity contribution < 1.29 is 14.3 Å². The molecule has 2 rings (SSSR count). The zero-order valence-electron chi connectivity index (χ0n) is 10.7. The minimum atomic E-state index is -0.479. The summed E-state index contributed by atoms with van der Waals surface area (Å²) in [7, 11) is 0. The van der Waals surface area contributed by atoms with Gasteiger partial charge in [0.2, 0.25) is 0 Å². The van der Waals surface area contributed by atoms with Crippen LogP contribution >= 0.6 is 11.6 Å². The van der Waals surface area contributed by atoms with E-state index in [9.17, 15) is 4.79 Å². The Morgan fingerprint density at radius 2 is 1.80 bits per heavy atom. The van der Waals surface area contributed by atoms with Gasteiger partial charge in [-0.2, -0.15) is 0 Å². The van der Waals surface area contributed by atoms with E-state index in [0.29, 0.717) is 16.5 Å². The van der Waals surface area contributed by atoms with Crippen LogP contribution in [0.4, 0.5) is 5.69 Å². The zero-order valence-corrected chi connectivity index (χ0v) is 11.5. The van der Waals surface area contributed by atoms with Crippen molar-refractivity contribution >= 4 is 23.3 Å². The van der Waals surface area contributed by atoms with E-state index in [1.165, 1.54) is 0 Å². The number of nitrogen functional groups attached to an aromatic ring is 1. The van der Waals surface area contributed by atoms with E-state index in [1.54, 1.807) is 36.4 Å². The number of ether oxygens (including phenoxy) is 2. The van der Waals surface area contributed by atoms with Crippen LogP contribution < -0.4 is 10.5 Å². The number of rotatable bonds is 5. The molecule has 0 aliphatic rings. The Kier molecular flexibility index (Phi) is 4.85. The summed E-state index contributed by atoms with van der Waals surface area (Å²) in [5.41, 5.74) is 6.93. The van der Waals surface area contributed by atoms with E-state index < -0.39 is 5.97 Å².